The van der Waals surface area contributed by atoms with Gasteiger partial charge in [0.15, 0.2) is 0 Å². The number of benzene rings is 3. The number of allylic oxidation sites excluding steroid dienone is 1. The first-order chi connectivity index (χ1) is 14.6. The zero-order chi connectivity index (χ0) is 21.3. The van der Waals surface area contributed by atoms with Crippen molar-refractivity contribution in [1.29, 1.82) is 5.26 Å². The summed E-state index contributed by atoms with van der Waals surface area (Å²) in [6, 6.07) is 23.0. The summed E-state index contributed by atoms with van der Waals surface area (Å²) >= 11 is 0. The molecule has 0 bridgehead atoms. The Balaban J connectivity index is 1.66. The average Bonchev–Trinajstić information content (AvgIpc) is 2.77. The van der Waals surface area contributed by atoms with Crippen molar-refractivity contribution >= 4 is 23.5 Å². The SMILES string of the molecule is N#C/C(=C/c1cccc(OC(=O)CNC(=O)c2ccccc2)c1)c1ccccc1F. The molecule has 0 heterocycles. The molecule has 1 N–H and O–H groups in total. The molecule has 3 aromatic carbocycles. The van der Waals surface area contributed by atoms with Crippen LogP contribution in [0.3, 0.4) is 0 Å². The number of amides is 1. The normalized spacial score (nSPS) is 10.7. The molecule has 3 aromatic rings. The van der Waals surface area contributed by atoms with Crippen LogP contribution in [0, 0.1) is 17.1 Å². The molecule has 0 saturated carbocycles. The number of nitrogens with zero attached hydrogens (tertiary/aromatic N) is 1. The molecule has 30 heavy (non-hydrogen) atoms. The van der Waals surface area contributed by atoms with E-state index in [2.05, 4.69) is 5.32 Å². The lowest BCUT2D eigenvalue weighted by Crippen LogP contribution is -2.31. The third-order valence-electron chi connectivity index (χ3n) is 4.11. The Hall–Kier alpha value is -4.24. The molecule has 0 radical (unpaired) electrons. The van der Waals surface area contributed by atoms with Gasteiger partial charge in [0.2, 0.25) is 0 Å². The van der Waals surface area contributed by atoms with Crippen molar-refractivity contribution in [2.45, 2.75) is 0 Å². The van der Waals surface area contributed by atoms with Gasteiger partial charge < -0.3 is 10.1 Å². The van der Waals surface area contributed by atoms with Crippen molar-refractivity contribution in [3.05, 3.63) is 101 Å². The topological polar surface area (TPSA) is 79.2 Å². The molecule has 0 fully saturated rings. The first kappa shape index (κ1) is 20.5. The van der Waals surface area contributed by atoms with E-state index < -0.39 is 11.8 Å². The number of nitrogens with one attached hydrogen (secondary N) is 1. The second-order valence-electron chi connectivity index (χ2n) is 6.24. The van der Waals surface area contributed by atoms with Gasteiger partial charge in [0.25, 0.3) is 5.91 Å². The summed E-state index contributed by atoms with van der Waals surface area (Å²) in [4.78, 5) is 24.0. The number of carbonyl (C=O) groups excluding carboxylic acids is 2. The third kappa shape index (κ3) is 5.40. The van der Waals surface area contributed by atoms with Crippen LogP contribution in [0.5, 0.6) is 5.75 Å². The molecule has 0 aliphatic heterocycles. The van der Waals surface area contributed by atoms with Crippen LogP contribution in [-0.4, -0.2) is 18.4 Å². The van der Waals surface area contributed by atoms with Crippen LogP contribution in [-0.2, 0) is 4.79 Å². The Morgan fingerprint density at radius 2 is 1.73 bits per heavy atom. The number of carbonyl (C=O) groups is 2. The van der Waals surface area contributed by atoms with Gasteiger partial charge in [-0.15, -0.1) is 0 Å². The van der Waals surface area contributed by atoms with Crippen molar-refractivity contribution in [2.75, 3.05) is 6.54 Å². The van der Waals surface area contributed by atoms with E-state index in [0.717, 1.165) is 0 Å². The second-order valence-corrected chi connectivity index (χ2v) is 6.24. The molecule has 0 aliphatic rings. The summed E-state index contributed by atoms with van der Waals surface area (Å²) in [5, 5.41) is 11.9. The van der Waals surface area contributed by atoms with Gasteiger partial charge in [0.1, 0.15) is 18.1 Å². The van der Waals surface area contributed by atoms with E-state index in [-0.39, 0.29) is 29.3 Å². The van der Waals surface area contributed by atoms with E-state index in [0.29, 0.717) is 11.1 Å². The molecule has 1 amide bonds. The lowest BCUT2D eigenvalue weighted by Gasteiger charge is -2.07. The summed E-state index contributed by atoms with van der Waals surface area (Å²) in [6.45, 7) is -0.299. The van der Waals surface area contributed by atoms with Crippen LogP contribution in [0.1, 0.15) is 21.5 Å². The predicted octanol–water partition coefficient (Wildman–Crippen LogP) is 4.23. The van der Waals surface area contributed by atoms with Crippen molar-refractivity contribution in [1.82, 2.24) is 5.32 Å². The number of halogens is 1. The summed E-state index contributed by atoms with van der Waals surface area (Å²) in [7, 11) is 0. The lowest BCUT2D eigenvalue weighted by atomic mass is 10.0. The first-order valence-electron chi connectivity index (χ1n) is 9.07. The molecular formula is C24H17FN2O3. The van der Waals surface area contributed by atoms with Crippen molar-refractivity contribution in [3.63, 3.8) is 0 Å². The summed E-state index contributed by atoms with van der Waals surface area (Å²) in [5.74, 6) is -1.28. The van der Waals surface area contributed by atoms with Crippen LogP contribution < -0.4 is 10.1 Å². The van der Waals surface area contributed by atoms with Gasteiger partial charge >= 0.3 is 5.97 Å². The molecule has 3 rings (SSSR count). The maximum atomic E-state index is 14.0. The first-order valence-corrected chi connectivity index (χ1v) is 9.07. The highest BCUT2D eigenvalue weighted by Gasteiger charge is 2.10. The fourth-order valence-electron chi connectivity index (χ4n) is 2.70. The summed E-state index contributed by atoms with van der Waals surface area (Å²) < 4.78 is 19.2. The monoisotopic (exact) mass is 400 g/mol. The molecule has 148 valence electrons. The maximum Gasteiger partial charge on any atom is 0.330 e. The van der Waals surface area contributed by atoms with Gasteiger partial charge in [-0.3, -0.25) is 4.79 Å². The van der Waals surface area contributed by atoms with E-state index >= 15 is 0 Å². The average molecular weight is 400 g/mol. The molecule has 0 aromatic heterocycles. The van der Waals surface area contributed by atoms with Crippen LogP contribution in [0.25, 0.3) is 11.6 Å². The Morgan fingerprint density at radius 1 is 1.00 bits per heavy atom. The molecule has 0 aliphatic carbocycles. The molecule has 0 saturated heterocycles. The number of esters is 1. The lowest BCUT2D eigenvalue weighted by molar-refractivity contribution is -0.133. The highest BCUT2D eigenvalue weighted by atomic mass is 19.1. The van der Waals surface area contributed by atoms with Crippen LogP contribution >= 0.6 is 0 Å². The Labute approximate surface area is 173 Å². The minimum atomic E-state index is -0.643. The molecule has 0 spiro atoms. The number of hydrogen-bond acceptors (Lipinski definition) is 4. The van der Waals surface area contributed by atoms with Crippen LogP contribution in [0.15, 0.2) is 78.9 Å². The highest BCUT2D eigenvalue weighted by Crippen LogP contribution is 2.22. The van der Waals surface area contributed by atoms with Gasteiger partial charge in [-0.1, -0.05) is 48.5 Å². The van der Waals surface area contributed by atoms with Gasteiger partial charge in [-0.05, 0) is 42.0 Å². The van der Waals surface area contributed by atoms with Gasteiger partial charge in [-0.25, -0.2) is 9.18 Å². The van der Waals surface area contributed by atoms with Crippen molar-refractivity contribution < 1.29 is 18.7 Å². The van der Waals surface area contributed by atoms with E-state index in [9.17, 15) is 19.2 Å². The summed E-state index contributed by atoms with van der Waals surface area (Å²) in [5.41, 5.74) is 1.33. The molecule has 5 nitrogen and oxygen atoms in total. The third-order valence-corrected chi connectivity index (χ3v) is 4.11. The minimum absolute atomic E-state index is 0.145. The second kappa shape index (κ2) is 9.80. The fraction of sp³-hybridized carbons (Fsp3) is 0.0417. The largest absolute Gasteiger partial charge is 0.425 e. The van der Waals surface area contributed by atoms with E-state index in [1.54, 1.807) is 66.7 Å². The smallest absolute Gasteiger partial charge is 0.330 e. The molecular weight excluding hydrogens is 383 g/mol. The molecule has 0 atom stereocenters. The van der Waals surface area contributed by atoms with Crippen LogP contribution in [0.4, 0.5) is 4.39 Å². The van der Waals surface area contributed by atoms with Gasteiger partial charge in [-0.2, -0.15) is 5.26 Å². The van der Waals surface area contributed by atoms with Gasteiger partial charge in [0.05, 0.1) is 11.6 Å². The number of rotatable bonds is 6. The number of nitriles is 1. The van der Waals surface area contributed by atoms with E-state index in [1.807, 2.05) is 6.07 Å². The quantitative estimate of drug-likeness (QED) is 0.291. The molecule has 0 unspecified atom stereocenters. The van der Waals surface area contributed by atoms with Crippen LogP contribution in [0.2, 0.25) is 0 Å². The number of hydrogen-bond donors (Lipinski definition) is 1. The van der Waals surface area contributed by atoms with Crippen molar-refractivity contribution in [2.24, 2.45) is 0 Å². The van der Waals surface area contributed by atoms with E-state index in [4.69, 9.17) is 4.74 Å². The molecule has 6 heteroatoms. The van der Waals surface area contributed by atoms with Gasteiger partial charge in [0, 0.05) is 11.1 Å². The summed E-state index contributed by atoms with van der Waals surface area (Å²) in [6.07, 6.45) is 1.51. The zero-order valence-electron chi connectivity index (χ0n) is 15.8. The zero-order valence-corrected chi connectivity index (χ0v) is 15.8. The fourth-order valence-corrected chi connectivity index (χ4v) is 2.70. The number of ether oxygens (including phenoxy) is 1. The highest BCUT2D eigenvalue weighted by molar-refractivity contribution is 5.96. The Kier molecular flexibility index (Phi) is 6.70. The van der Waals surface area contributed by atoms with Crippen molar-refractivity contribution in [3.8, 4) is 11.8 Å². The standard InChI is InChI=1S/C24H17FN2O3/c25-22-12-5-4-11-21(22)19(15-26)13-17-7-6-10-20(14-17)30-23(28)16-27-24(29)18-8-2-1-3-9-18/h1-14H,16H2,(H,27,29)/b19-13-. The van der Waals surface area contributed by atoms with E-state index in [1.165, 1.54) is 18.2 Å². The Morgan fingerprint density at radius 3 is 2.47 bits per heavy atom. The minimum Gasteiger partial charge on any atom is -0.425 e. The maximum absolute atomic E-state index is 14.0. The predicted molar refractivity (Wildman–Crippen MR) is 111 cm³/mol. The Bertz CT molecular complexity index is 1130.